The van der Waals surface area contributed by atoms with E-state index in [1.165, 1.54) is 51.4 Å². The molecule has 126 valence electrons. The highest BCUT2D eigenvalue weighted by Crippen LogP contribution is 2.44. The molecule has 1 aromatic rings. The molecule has 1 heterocycles. The number of aryl methyl sites for hydroxylation is 1. The molecule has 4 heteroatoms. The molecular weight excluding hydrogens is 298 g/mol. The predicted molar refractivity (Wildman–Crippen MR) is 94.2 cm³/mol. The quantitative estimate of drug-likeness (QED) is 0.808. The zero-order chi connectivity index (χ0) is 16.6. The fourth-order valence-electron chi connectivity index (χ4n) is 4.70. The van der Waals surface area contributed by atoms with Gasteiger partial charge in [-0.15, -0.1) is 0 Å². The molecule has 0 amide bonds. The van der Waals surface area contributed by atoms with Crippen LogP contribution in [0.4, 0.5) is 5.69 Å². The maximum absolute atomic E-state index is 9.04. The van der Waals surface area contributed by atoms with Crippen molar-refractivity contribution in [1.82, 2.24) is 4.90 Å². The third-order valence-corrected chi connectivity index (χ3v) is 5.95. The number of amidine groups is 1. The molecule has 0 radical (unpaired) electrons. The van der Waals surface area contributed by atoms with Gasteiger partial charge in [0.2, 0.25) is 0 Å². The standard InChI is InChI=1S/C20H25N3O/c1-15-12-16(13-21)8-9-18(15)22-19-23(17-6-2-3-7-17)20(14-24-19)10-4-5-11-20/h8-9,12,17H,2-7,10-11,14H2,1H3. The van der Waals surface area contributed by atoms with Crippen LogP contribution in [0.3, 0.4) is 0 Å². The smallest absolute Gasteiger partial charge is 0.293 e. The van der Waals surface area contributed by atoms with E-state index in [0.29, 0.717) is 11.6 Å². The number of hydrogen-bond donors (Lipinski definition) is 0. The maximum atomic E-state index is 9.04. The molecule has 24 heavy (non-hydrogen) atoms. The van der Waals surface area contributed by atoms with E-state index in [0.717, 1.165) is 23.9 Å². The Balaban J connectivity index is 1.69. The van der Waals surface area contributed by atoms with Crippen molar-refractivity contribution in [2.75, 3.05) is 6.61 Å². The molecule has 2 aliphatic carbocycles. The Labute approximate surface area is 144 Å². The molecule has 3 fully saturated rings. The lowest BCUT2D eigenvalue weighted by atomic mass is 9.95. The van der Waals surface area contributed by atoms with Crippen molar-refractivity contribution in [3.63, 3.8) is 0 Å². The predicted octanol–water partition coefficient (Wildman–Crippen LogP) is 4.44. The van der Waals surface area contributed by atoms with Gasteiger partial charge >= 0.3 is 0 Å². The molecule has 1 saturated heterocycles. The molecule has 3 aliphatic rings. The second-order valence-corrected chi connectivity index (χ2v) is 7.54. The molecule has 4 nitrogen and oxygen atoms in total. The summed E-state index contributed by atoms with van der Waals surface area (Å²) in [5, 5.41) is 9.04. The summed E-state index contributed by atoms with van der Waals surface area (Å²) in [6, 6.07) is 9.28. The van der Waals surface area contributed by atoms with Crippen molar-refractivity contribution in [1.29, 1.82) is 5.26 Å². The van der Waals surface area contributed by atoms with Gasteiger partial charge in [0.1, 0.15) is 6.61 Å². The first kappa shape index (κ1) is 15.5. The molecule has 0 unspecified atom stereocenters. The normalized spacial score (nSPS) is 24.7. The van der Waals surface area contributed by atoms with Crippen LogP contribution >= 0.6 is 0 Å². The van der Waals surface area contributed by atoms with Crippen molar-refractivity contribution < 1.29 is 4.74 Å². The molecule has 0 bridgehead atoms. The molecule has 1 spiro atoms. The second-order valence-electron chi connectivity index (χ2n) is 7.54. The molecule has 0 aromatic heterocycles. The number of benzene rings is 1. The van der Waals surface area contributed by atoms with Crippen LogP contribution in [0, 0.1) is 18.3 Å². The van der Waals surface area contributed by atoms with Crippen LogP contribution in [0.2, 0.25) is 0 Å². The Bertz CT molecular complexity index is 691. The largest absolute Gasteiger partial charge is 0.462 e. The highest BCUT2D eigenvalue weighted by Gasteiger charge is 2.50. The summed E-state index contributed by atoms with van der Waals surface area (Å²) in [6.07, 6.45) is 10.2. The lowest BCUT2D eigenvalue weighted by Crippen LogP contribution is -2.50. The minimum Gasteiger partial charge on any atom is -0.462 e. The SMILES string of the molecule is Cc1cc(C#N)ccc1N=C1OCC2(CCCC2)N1C1CCCC1. The summed E-state index contributed by atoms with van der Waals surface area (Å²) in [4.78, 5) is 7.44. The van der Waals surface area contributed by atoms with Gasteiger partial charge in [-0.05, 0) is 56.4 Å². The number of nitrogens with zero attached hydrogens (tertiary/aromatic N) is 3. The molecule has 4 rings (SSSR count). The van der Waals surface area contributed by atoms with Crippen LogP contribution < -0.4 is 0 Å². The van der Waals surface area contributed by atoms with Crippen LogP contribution in [0.15, 0.2) is 23.2 Å². The van der Waals surface area contributed by atoms with Crippen LogP contribution in [0.5, 0.6) is 0 Å². The molecule has 0 atom stereocenters. The Morgan fingerprint density at radius 1 is 1.21 bits per heavy atom. The van der Waals surface area contributed by atoms with Crippen molar-refractivity contribution in [3.8, 4) is 6.07 Å². The first-order valence-corrected chi connectivity index (χ1v) is 9.23. The van der Waals surface area contributed by atoms with Crippen molar-refractivity contribution in [2.24, 2.45) is 4.99 Å². The van der Waals surface area contributed by atoms with Crippen molar-refractivity contribution in [3.05, 3.63) is 29.3 Å². The minimum atomic E-state index is 0.189. The first-order valence-electron chi connectivity index (χ1n) is 9.23. The van der Waals surface area contributed by atoms with Gasteiger partial charge in [0.25, 0.3) is 6.02 Å². The van der Waals surface area contributed by atoms with E-state index in [-0.39, 0.29) is 5.54 Å². The average Bonchev–Trinajstić information content (AvgIpc) is 3.32. The highest BCUT2D eigenvalue weighted by molar-refractivity contribution is 5.81. The fraction of sp³-hybridized carbons (Fsp3) is 0.600. The van der Waals surface area contributed by atoms with Gasteiger partial charge in [-0.3, -0.25) is 0 Å². The molecular formula is C20H25N3O. The third kappa shape index (κ3) is 2.56. The van der Waals surface area contributed by atoms with E-state index in [1.807, 2.05) is 25.1 Å². The average molecular weight is 323 g/mol. The topological polar surface area (TPSA) is 48.6 Å². The lowest BCUT2D eigenvalue weighted by molar-refractivity contribution is 0.148. The van der Waals surface area contributed by atoms with E-state index in [9.17, 15) is 0 Å². The molecule has 1 aromatic carbocycles. The van der Waals surface area contributed by atoms with E-state index in [1.54, 1.807) is 0 Å². The van der Waals surface area contributed by atoms with Gasteiger partial charge in [0.05, 0.1) is 22.9 Å². The van der Waals surface area contributed by atoms with Gasteiger partial charge in [-0.25, -0.2) is 0 Å². The van der Waals surface area contributed by atoms with Crippen LogP contribution in [0.1, 0.15) is 62.5 Å². The number of rotatable bonds is 2. The van der Waals surface area contributed by atoms with Crippen LogP contribution in [-0.4, -0.2) is 29.1 Å². The zero-order valence-electron chi connectivity index (χ0n) is 14.4. The fourth-order valence-corrected chi connectivity index (χ4v) is 4.70. The molecule has 2 saturated carbocycles. The van der Waals surface area contributed by atoms with E-state index in [4.69, 9.17) is 15.0 Å². The third-order valence-electron chi connectivity index (χ3n) is 5.95. The van der Waals surface area contributed by atoms with E-state index in [2.05, 4.69) is 11.0 Å². The number of aliphatic imine (C=N–C) groups is 1. The second kappa shape index (κ2) is 6.12. The number of ether oxygens (including phenoxy) is 1. The summed E-state index contributed by atoms with van der Waals surface area (Å²) >= 11 is 0. The number of nitriles is 1. The summed E-state index contributed by atoms with van der Waals surface area (Å²) < 4.78 is 6.14. The Morgan fingerprint density at radius 3 is 2.62 bits per heavy atom. The van der Waals surface area contributed by atoms with Crippen LogP contribution in [0.25, 0.3) is 0 Å². The van der Waals surface area contributed by atoms with Crippen LogP contribution in [-0.2, 0) is 4.74 Å². The lowest BCUT2D eigenvalue weighted by Gasteiger charge is -2.37. The highest BCUT2D eigenvalue weighted by atomic mass is 16.5. The summed E-state index contributed by atoms with van der Waals surface area (Å²) in [5.41, 5.74) is 2.82. The van der Waals surface area contributed by atoms with Gasteiger partial charge < -0.3 is 9.64 Å². The molecule has 1 aliphatic heterocycles. The monoisotopic (exact) mass is 323 g/mol. The molecule has 0 N–H and O–H groups in total. The van der Waals surface area contributed by atoms with Gasteiger partial charge in [0, 0.05) is 6.04 Å². The Hall–Kier alpha value is -2.02. The van der Waals surface area contributed by atoms with Crippen molar-refractivity contribution >= 4 is 11.7 Å². The minimum absolute atomic E-state index is 0.189. The first-order chi connectivity index (χ1) is 11.7. The zero-order valence-corrected chi connectivity index (χ0v) is 14.4. The van der Waals surface area contributed by atoms with Gasteiger partial charge in [0.15, 0.2) is 0 Å². The summed E-state index contributed by atoms with van der Waals surface area (Å²) in [5.74, 6) is 0. The maximum Gasteiger partial charge on any atom is 0.293 e. The summed E-state index contributed by atoms with van der Waals surface area (Å²) in [7, 11) is 0. The Morgan fingerprint density at radius 2 is 1.96 bits per heavy atom. The van der Waals surface area contributed by atoms with Crippen molar-refractivity contribution in [2.45, 2.75) is 69.9 Å². The van der Waals surface area contributed by atoms with Gasteiger partial charge in [-0.1, -0.05) is 25.7 Å². The van der Waals surface area contributed by atoms with Gasteiger partial charge in [-0.2, -0.15) is 10.3 Å². The van der Waals surface area contributed by atoms with E-state index >= 15 is 0 Å². The Kier molecular flexibility index (Phi) is 3.96. The number of hydrogen-bond acceptors (Lipinski definition) is 3. The summed E-state index contributed by atoms with van der Waals surface area (Å²) in [6.45, 7) is 2.80. The van der Waals surface area contributed by atoms with E-state index < -0.39 is 0 Å².